The third-order valence-corrected chi connectivity index (χ3v) is 3.88. The van der Waals surface area contributed by atoms with Gasteiger partial charge in [0.15, 0.2) is 0 Å². The molecule has 0 radical (unpaired) electrons. The van der Waals surface area contributed by atoms with Gasteiger partial charge in [-0.3, -0.25) is 9.59 Å². The Kier molecular flexibility index (Phi) is 5.94. The first kappa shape index (κ1) is 17.2. The van der Waals surface area contributed by atoms with Crippen molar-refractivity contribution >= 4 is 11.8 Å². The molecular weight excluding hydrogens is 264 g/mol. The van der Waals surface area contributed by atoms with Crippen molar-refractivity contribution in [1.82, 2.24) is 10.2 Å². The van der Waals surface area contributed by atoms with Gasteiger partial charge in [-0.25, -0.2) is 0 Å². The normalized spacial score (nSPS) is 12.6. The van der Waals surface area contributed by atoms with Crippen LogP contribution in [0.3, 0.4) is 0 Å². The Balaban J connectivity index is 2.93. The van der Waals surface area contributed by atoms with E-state index in [1.807, 2.05) is 51.1 Å². The molecule has 0 aliphatic carbocycles. The molecule has 1 N–H and O–H groups in total. The summed E-state index contributed by atoms with van der Waals surface area (Å²) in [5.41, 5.74) is 0.515. The van der Waals surface area contributed by atoms with E-state index in [-0.39, 0.29) is 24.3 Å². The van der Waals surface area contributed by atoms with Crippen LogP contribution in [0.4, 0.5) is 0 Å². The van der Waals surface area contributed by atoms with Crippen LogP contribution in [0.1, 0.15) is 45.2 Å². The average molecular weight is 290 g/mol. The highest BCUT2D eigenvalue weighted by atomic mass is 16.2. The minimum absolute atomic E-state index is 0.00143. The minimum Gasteiger partial charge on any atom is -0.349 e. The number of hydrogen-bond donors (Lipinski definition) is 1. The van der Waals surface area contributed by atoms with Crippen molar-refractivity contribution in [2.75, 3.05) is 14.1 Å². The molecule has 0 heterocycles. The summed E-state index contributed by atoms with van der Waals surface area (Å²) in [6.07, 6.45) is 1.02. The van der Waals surface area contributed by atoms with E-state index in [9.17, 15) is 9.59 Å². The fourth-order valence-electron chi connectivity index (χ4n) is 1.81. The number of carbonyl (C=O) groups is 2. The third kappa shape index (κ3) is 4.88. The molecular formula is C17H26N2O2. The number of hydrogen-bond acceptors (Lipinski definition) is 2. The van der Waals surface area contributed by atoms with Crippen molar-refractivity contribution in [3.05, 3.63) is 35.9 Å². The first-order valence-corrected chi connectivity index (χ1v) is 7.34. The van der Waals surface area contributed by atoms with Crippen LogP contribution in [0, 0.1) is 5.41 Å². The van der Waals surface area contributed by atoms with E-state index in [0.29, 0.717) is 0 Å². The van der Waals surface area contributed by atoms with Gasteiger partial charge in [-0.1, -0.05) is 51.1 Å². The largest absolute Gasteiger partial charge is 0.349 e. The van der Waals surface area contributed by atoms with Crippen LogP contribution in [0.5, 0.6) is 0 Å². The highest BCUT2D eigenvalue weighted by Crippen LogP contribution is 2.24. The lowest BCUT2D eigenvalue weighted by Crippen LogP contribution is -2.40. The maximum Gasteiger partial charge on any atom is 0.226 e. The van der Waals surface area contributed by atoms with Crippen LogP contribution >= 0.6 is 0 Å². The Labute approximate surface area is 127 Å². The number of benzene rings is 1. The fourth-order valence-corrected chi connectivity index (χ4v) is 1.81. The second-order valence-corrected chi connectivity index (χ2v) is 6.17. The molecule has 0 fully saturated rings. The summed E-state index contributed by atoms with van der Waals surface area (Å²) in [6, 6.07) is 9.34. The van der Waals surface area contributed by atoms with Gasteiger partial charge in [0, 0.05) is 19.5 Å². The molecule has 1 rings (SSSR count). The molecule has 0 aliphatic rings. The summed E-state index contributed by atoms with van der Waals surface area (Å²) in [6.45, 7) is 5.82. The summed E-state index contributed by atoms with van der Waals surface area (Å²) in [5, 5.41) is 3.02. The number of nitrogens with one attached hydrogen (secondary N) is 1. The lowest BCUT2D eigenvalue weighted by Gasteiger charge is -2.27. The molecule has 0 spiro atoms. The SMILES string of the molecule is CCC(C)(C)C(=O)NC(CC(=O)N(C)C)c1ccccc1. The molecule has 4 heteroatoms. The maximum absolute atomic E-state index is 12.4. The standard InChI is InChI=1S/C17H26N2O2/c1-6-17(2,3)16(21)18-14(12-15(20)19(4)5)13-10-8-7-9-11-13/h7-11,14H,6,12H2,1-5H3,(H,18,21). The topological polar surface area (TPSA) is 49.4 Å². The predicted molar refractivity (Wildman–Crippen MR) is 84.7 cm³/mol. The van der Waals surface area contributed by atoms with Gasteiger partial charge in [-0.05, 0) is 12.0 Å². The monoisotopic (exact) mass is 290 g/mol. The molecule has 21 heavy (non-hydrogen) atoms. The van der Waals surface area contributed by atoms with E-state index in [1.54, 1.807) is 19.0 Å². The van der Waals surface area contributed by atoms with Crippen molar-refractivity contribution in [2.24, 2.45) is 5.41 Å². The van der Waals surface area contributed by atoms with Gasteiger partial charge in [-0.15, -0.1) is 0 Å². The molecule has 0 saturated carbocycles. The van der Waals surface area contributed by atoms with Crippen molar-refractivity contribution in [1.29, 1.82) is 0 Å². The van der Waals surface area contributed by atoms with Gasteiger partial charge in [0.05, 0.1) is 12.5 Å². The van der Waals surface area contributed by atoms with Gasteiger partial charge >= 0.3 is 0 Å². The molecule has 1 aromatic carbocycles. The zero-order valence-corrected chi connectivity index (χ0v) is 13.6. The number of nitrogens with zero attached hydrogens (tertiary/aromatic N) is 1. The Morgan fingerprint density at radius 1 is 1.19 bits per heavy atom. The zero-order valence-electron chi connectivity index (χ0n) is 13.6. The summed E-state index contributed by atoms with van der Waals surface area (Å²) in [4.78, 5) is 25.9. The Hall–Kier alpha value is -1.84. The molecule has 0 aromatic heterocycles. The molecule has 0 aliphatic heterocycles. The Morgan fingerprint density at radius 3 is 2.24 bits per heavy atom. The molecule has 1 atom stereocenters. The summed E-state index contributed by atoms with van der Waals surface area (Å²) in [5.74, 6) is -0.0242. The quantitative estimate of drug-likeness (QED) is 0.876. The lowest BCUT2D eigenvalue weighted by molar-refractivity contribution is -0.132. The molecule has 4 nitrogen and oxygen atoms in total. The Bertz CT molecular complexity index is 481. The first-order valence-electron chi connectivity index (χ1n) is 7.34. The summed E-state index contributed by atoms with van der Waals surface area (Å²) in [7, 11) is 3.45. The van der Waals surface area contributed by atoms with E-state index < -0.39 is 5.41 Å². The average Bonchev–Trinajstić information content (AvgIpc) is 2.47. The minimum atomic E-state index is -0.436. The zero-order chi connectivity index (χ0) is 16.0. The first-order chi connectivity index (χ1) is 9.77. The van der Waals surface area contributed by atoms with E-state index in [4.69, 9.17) is 0 Å². The second kappa shape index (κ2) is 7.25. The van der Waals surface area contributed by atoms with E-state index in [1.165, 1.54) is 0 Å². The van der Waals surface area contributed by atoms with E-state index >= 15 is 0 Å². The molecule has 0 saturated heterocycles. The predicted octanol–water partition coefficient (Wildman–Crippen LogP) is 2.76. The summed E-state index contributed by atoms with van der Waals surface area (Å²) < 4.78 is 0. The molecule has 116 valence electrons. The number of amides is 2. The number of rotatable bonds is 6. The van der Waals surface area contributed by atoms with Crippen molar-refractivity contribution in [3.63, 3.8) is 0 Å². The van der Waals surface area contributed by atoms with Crippen molar-refractivity contribution in [3.8, 4) is 0 Å². The van der Waals surface area contributed by atoms with Gasteiger partial charge in [0.1, 0.15) is 0 Å². The highest BCUT2D eigenvalue weighted by molar-refractivity contribution is 5.83. The smallest absolute Gasteiger partial charge is 0.226 e. The lowest BCUT2D eigenvalue weighted by atomic mass is 9.88. The molecule has 1 unspecified atom stereocenters. The molecule has 1 aromatic rings. The van der Waals surface area contributed by atoms with Crippen LogP contribution in [0.15, 0.2) is 30.3 Å². The van der Waals surface area contributed by atoms with E-state index in [2.05, 4.69) is 5.32 Å². The number of carbonyl (C=O) groups excluding carboxylic acids is 2. The van der Waals surface area contributed by atoms with Crippen LogP contribution < -0.4 is 5.32 Å². The fraction of sp³-hybridized carbons (Fsp3) is 0.529. The Morgan fingerprint density at radius 2 is 1.76 bits per heavy atom. The van der Waals surface area contributed by atoms with Gasteiger partial charge in [-0.2, -0.15) is 0 Å². The van der Waals surface area contributed by atoms with Crippen LogP contribution in [0.25, 0.3) is 0 Å². The van der Waals surface area contributed by atoms with Crippen LogP contribution in [-0.4, -0.2) is 30.8 Å². The highest BCUT2D eigenvalue weighted by Gasteiger charge is 2.28. The third-order valence-electron chi connectivity index (χ3n) is 3.88. The second-order valence-electron chi connectivity index (χ2n) is 6.17. The molecule has 2 amide bonds. The maximum atomic E-state index is 12.4. The van der Waals surface area contributed by atoms with Crippen LogP contribution in [-0.2, 0) is 9.59 Å². The van der Waals surface area contributed by atoms with Crippen molar-refractivity contribution < 1.29 is 9.59 Å². The van der Waals surface area contributed by atoms with Gasteiger partial charge in [0.25, 0.3) is 0 Å². The molecule has 0 bridgehead atoms. The van der Waals surface area contributed by atoms with Crippen molar-refractivity contribution in [2.45, 2.75) is 39.7 Å². The van der Waals surface area contributed by atoms with Gasteiger partial charge in [0.2, 0.25) is 11.8 Å². The van der Waals surface area contributed by atoms with Gasteiger partial charge < -0.3 is 10.2 Å². The van der Waals surface area contributed by atoms with Crippen LogP contribution in [0.2, 0.25) is 0 Å². The van der Waals surface area contributed by atoms with E-state index in [0.717, 1.165) is 12.0 Å². The summed E-state index contributed by atoms with van der Waals surface area (Å²) >= 11 is 0.